The van der Waals surface area contributed by atoms with Crippen molar-refractivity contribution < 1.29 is 13.2 Å². The van der Waals surface area contributed by atoms with Gasteiger partial charge in [0.05, 0.1) is 16.3 Å². The number of amides is 1. The number of hydrogen-bond acceptors (Lipinski definition) is 5. The number of benzene rings is 1. The standard InChI is InChI=1S/C11H12N4O3S/c1-2-19(17,18)9-6-4-3-5-8(9)14-11(16)10-12-7-13-15-10/h3-7H,2H2,1H3,(H,14,16)(H,12,13,15). The van der Waals surface area contributed by atoms with E-state index in [1.165, 1.54) is 18.5 Å². The summed E-state index contributed by atoms with van der Waals surface area (Å²) in [5, 5.41) is 8.47. The number of aromatic amines is 1. The number of carbonyl (C=O) groups excluding carboxylic acids is 1. The van der Waals surface area contributed by atoms with Gasteiger partial charge in [0.2, 0.25) is 5.82 Å². The average Bonchev–Trinajstić information content (AvgIpc) is 2.93. The Labute approximate surface area is 110 Å². The monoisotopic (exact) mass is 280 g/mol. The molecule has 0 spiro atoms. The average molecular weight is 280 g/mol. The quantitative estimate of drug-likeness (QED) is 0.863. The van der Waals surface area contributed by atoms with Gasteiger partial charge < -0.3 is 5.32 Å². The number of sulfone groups is 1. The molecule has 0 aliphatic carbocycles. The fraction of sp³-hybridized carbons (Fsp3) is 0.182. The number of carbonyl (C=O) groups is 1. The second kappa shape index (κ2) is 5.19. The van der Waals surface area contributed by atoms with Crippen LogP contribution in [0.15, 0.2) is 35.5 Å². The first-order valence-corrected chi connectivity index (χ1v) is 7.18. The van der Waals surface area contributed by atoms with Crippen LogP contribution in [0.3, 0.4) is 0 Å². The van der Waals surface area contributed by atoms with Gasteiger partial charge >= 0.3 is 0 Å². The van der Waals surface area contributed by atoms with Crippen LogP contribution in [0, 0.1) is 0 Å². The fourth-order valence-electron chi connectivity index (χ4n) is 1.49. The van der Waals surface area contributed by atoms with Gasteiger partial charge in [-0.1, -0.05) is 19.1 Å². The lowest BCUT2D eigenvalue weighted by Gasteiger charge is -2.09. The lowest BCUT2D eigenvalue weighted by molar-refractivity contribution is 0.101. The normalized spacial score (nSPS) is 11.2. The lowest BCUT2D eigenvalue weighted by atomic mass is 10.3. The number of para-hydroxylation sites is 1. The van der Waals surface area contributed by atoms with Crippen LogP contribution in [0.2, 0.25) is 0 Å². The van der Waals surface area contributed by atoms with Gasteiger partial charge in [0, 0.05) is 0 Å². The van der Waals surface area contributed by atoms with Crippen LogP contribution >= 0.6 is 0 Å². The maximum absolute atomic E-state index is 11.9. The van der Waals surface area contributed by atoms with Crippen LogP contribution in [-0.2, 0) is 9.84 Å². The third-order valence-electron chi connectivity index (χ3n) is 2.48. The zero-order valence-electron chi connectivity index (χ0n) is 10.1. The van der Waals surface area contributed by atoms with Gasteiger partial charge in [-0.2, -0.15) is 5.10 Å². The van der Waals surface area contributed by atoms with Crippen molar-refractivity contribution >= 4 is 21.4 Å². The molecule has 8 heteroatoms. The molecule has 7 nitrogen and oxygen atoms in total. The van der Waals surface area contributed by atoms with Gasteiger partial charge in [0.15, 0.2) is 9.84 Å². The van der Waals surface area contributed by atoms with Crippen molar-refractivity contribution in [3.05, 3.63) is 36.4 Å². The van der Waals surface area contributed by atoms with Gasteiger partial charge in [0.25, 0.3) is 5.91 Å². The van der Waals surface area contributed by atoms with Gasteiger partial charge in [-0.15, -0.1) is 0 Å². The molecule has 0 aliphatic rings. The first kappa shape index (κ1) is 13.2. The van der Waals surface area contributed by atoms with E-state index in [-0.39, 0.29) is 22.2 Å². The number of aromatic nitrogens is 3. The molecule has 2 aromatic rings. The van der Waals surface area contributed by atoms with E-state index in [1.807, 2.05) is 0 Å². The largest absolute Gasteiger partial charge is 0.318 e. The summed E-state index contributed by atoms with van der Waals surface area (Å²) in [6.07, 6.45) is 1.20. The Hall–Kier alpha value is -2.22. The highest BCUT2D eigenvalue weighted by atomic mass is 32.2. The minimum Gasteiger partial charge on any atom is -0.318 e. The molecule has 19 heavy (non-hydrogen) atoms. The van der Waals surface area contributed by atoms with Crippen molar-refractivity contribution in [1.29, 1.82) is 0 Å². The Balaban J connectivity index is 2.34. The third kappa shape index (κ3) is 2.79. The second-order valence-corrected chi connectivity index (χ2v) is 5.93. The first-order chi connectivity index (χ1) is 9.04. The third-order valence-corrected chi connectivity index (χ3v) is 4.27. The molecule has 0 atom stereocenters. The van der Waals surface area contributed by atoms with Gasteiger partial charge in [-0.25, -0.2) is 13.4 Å². The molecule has 0 aliphatic heterocycles. The van der Waals surface area contributed by atoms with Gasteiger partial charge in [-0.3, -0.25) is 9.89 Å². The lowest BCUT2D eigenvalue weighted by Crippen LogP contribution is -2.16. The SMILES string of the molecule is CCS(=O)(=O)c1ccccc1NC(=O)c1ncn[nH]1. The zero-order valence-corrected chi connectivity index (χ0v) is 10.9. The Morgan fingerprint density at radius 3 is 2.74 bits per heavy atom. The Kier molecular flexibility index (Phi) is 3.61. The number of anilines is 1. The van der Waals surface area contributed by atoms with E-state index in [9.17, 15) is 13.2 Å². The predicted molar refractivity (Wildman–Crippen MR) is 68.5 cm³/mol. The molecule has 2 rings (SSSR count). The van der Waals surface area contributed by atoms with Crippen LogP contribution in [-0.4, -0.2) is 35.3 Å². The highest BCUT2D eigenvalue weighted by molar-refractivity contribution is 7.91. The molecule has 1 aromatic heterocycles. The molecular weight excluding hydrogens is 268 g/mol. The summed E-state index contributed by atoms with van der Waals surface area (Å²) in [4.78, 5) is 15.6. The van der Waals surface area contributed by atoms with E-state index in [1.54, 1.807) is 19.1 Å². The molecule has 1 heterocycles. The maximum atomic E-state index is 11.9. The maximum Gasteiger partial charge on any atom is 0.293 e. The van der Waals surface area contributed by atoms with E-state index >= 15 is 0 Å². The van der Waals surface area contributed by atoms with Crippen molar-refractivity contribution in [1.82, 2.24) is 15.2 Å². The minimum atomic E-state index is -3.40. The summed E-state index contributed by atoms with van der Waals surface area (Å²) in [6, 6.07) is 6.23. The summed E-state index contributed by atoms with van der Waals surface area (Å²) in [5.74, 6) is -0.567. The Morgan fingerprint density at radius 2 is 2.11 bits per heavy atom. The number of H-pyrrole nitrogens is 1. The van der Waals surface area contributed by atoms with Crippen molar-refractivity contribution in [3.63, 3.8) is 0 Å². The smallest absolute Gasteiger partial charge is 0.293 e. The van der Waals surface area contributed by atoms with E-state index in [0.717, 1.165) is 0 Å². The summed E-state index contributed by atoms with van der Waals surface area (Å²) >= 11 is 0. The summed E-state index contributed by atoms with van der Waals surface area (Å²) in [5.41, 5.74) is 0.228. The molecule has 0 saturated heterocycles. The number of hydrogen-bond donors (Lipinski definition) is 2. The van der Waals surface area contributed by atoms with E-state index in [2.05, 4.69) is 20.5 Å². The van der Waals surface area contributed by atoms with Gasteiger partial charge in [-0.05, 0) is 12.1 Å². The van der Waals surface area contributed by atoms with Gasteiger partial charge in [0.1, 0.15) is 6.33 Å². The molecule has 1 amide bonds. The predicted octanol–water partition coefficient (Wildman–Crippen LogP) is 0.851. The van der Waals surface area contributed by atoms with Crippen molar-refractivity contribution in [2.75, 3.05) is 11.1 Å². The molecule has 0 radical (unpaired) electrons. The molecular formula is C11H12N4O3S. The van der Waals surface area contributed by atoms with E-state index in [0.29, 0.717) is 0 Å². The number of rotatable bonds is 4. The highest BCUT2D eigenvalue weighted by Gasteiger charge is 2.18. The van der Waals surface area contributed by atoms with Crippen molar-refractivity contribution in [2.45, 2.75) is 11.8 Å². The molecule has 0 bridgehead atoms. The topological polar surface area (TPSA) is 105 Å². The van der Waals surface area contributed by atoms with Crippen molar-refractivity contribution in [3.8, 4) is 0 Å². The molecule has 0 fully saturated rings. The molecule has 0 unspecified atom stereocenters. The Bertz CT molecular complexity index is 680. The molecule has 2 N–H and O–H groups in total. The van der Waals surface area contributed by atoms with Crippen LogP contribution in [0.4, 0.5) is 5.69 Å². The van der Waals surface area contributed by atoms with Crippen molar-refractivity contribution in [2.24, 2.45) is 0 Å². The van der Waals surface area contributed by atoms with E-state index in [4.69, 9.17) is 0 Å². The molecule has 0 saturated carbocycles. The van der Waals surface area contributed by atoms with Crippen LogP contribution in [0.1, 0.15) is 17.5 Å². The Morgan fingerprint density at radius 1 is 1.37 bits per heavy atom. The summed E-state index contributed by atoms with van der Waals surface area (Å²) in [6.45, 7) is 1.55. The number of nitrogens with one attached hydrogen (secondary N) is 2. The van der Waals surface area contributed by atoms with Crippen LogP contribution < -0.4 is 5.32 Å². The van der Waals surface area contributed by atoms with E-state index < -0.39 is 15.7 Å². The summed E-state index contributed by atoms with van der Waals surface area (Å²) < 4.78 is 23.8. The summed E-state index contributed by atoms with van der Waals surface area (Å²) in [7, 11) is -3.40. The minimum absolute atomic E-state index is 0.0173. The first-order valence-electron chi connectivity index (χ1n) is 5.53. The highest BCUT2D eigenvalue weighted by Crippen LogP contribution is 2.22. The zero-order chi connectivity index (χ0) is 13.9. The van der Waals surface area contributed by atoms with Crippen LogP contribution in [0.25, 0.3) is 0 Å². The fourth-order valence-corrected chi connectivity index (χ4v) is 2.54. The molecule has 100 valence electrons. The molecule has 1 aromatic carbocycles. The van der Waals surface area contributed by atoms with Crippen LogP contribution in [0.5, 0.6) is 0 Å². The second-order valence-electron chi connectivity index (χ2n) is 3.69. The number of nitrogens with zero attached hydrogens (tertiary/aromatic N) is 2.